The van der Waals surface area contributed by atoms with Crippen molar-refractivity contribution in [1.29, 1.82) is 0 Å². The zero-order valence-electron chi connectivity index (χ0n) is 19.5. The van der Waals surface area contributed by atoms with Gasteiger partial charge in [-0.3, -0.25) is 4.79 Å². The number of carbonyl (C=O) groups excluding carboxylic acids is 1. The number of ketones is 1. The Labute approximate surface area is 224 Å². The van der Waals surface area contributed by atoms with E-state index in [1.165, 1.54) is 0 Å². The molecule has 2 saturated heterocycles. The van der Waals surface area contributed by atoms with Gasteiger partial charge in [-0.1, -0.05) is 0 Å². The number of hydrogen-bond acceptors (Lipinski definition) is 6. The summed E-state index contributed by atoms with van der Waals surface area (Å²) in [6.07, 6.45) is 18.5. The van der Waals surface area contributed by atoms with Crippen molar-refractivity contribution in [2.45, 2.75) is 31.5 Å². The Bertz CT molecular complexity index is 972. The quantitative estimate of drug-likeness (QED) is 0.265. The third-order valence-electron chi connectivity index (χ3n) is 6.09. The number of fused-ring (bicyclic) bond motifs is 5. The topological polar surface area (TPSA) is 129 Å². The Kier molecular flexibility index (Phi) is 12.3. The van der Waals surface area contributed by atoms with E-state index < -0.39 is 0 Å². The molecule has 0 N–H and O–H groups in total. The molecule has 36 heavy (non-hydrogen) atoms. The minimum absolute atomic E-state index is 0. The summed E-state index contributed by atoms with van der Waals surface area (Å²) in [5.74, 6) is 0.814. The second-order valence-electron chi connectivity index (χ2n) is 7.84. The van der Waals surface area contributed by atoms with E-state index in [4.69, 9.17) is 18.8 Å². The third-order valence-corrected chi connectivity index (χ3v) is 6.09. The van der Waals surface area contributed by atoms with Crippen molar-refractivity contribution in [1.82, 2.24) is 29.1 Å². The molecular weight excluding hydrogens is 547 g/mol. The average molecular weight is 571 g/mol. The van der Waals surface area contributed by atoms with E-state index in [1.54, 1.807) is 39.5 Å². The number of Topliss-reactive ketones (excluding diaryl/α,β-unsaturated/α-hetero) is 1. The summed E-state index contributed by atoms with van der Waals surface area (Å²) >= 11 is 0. The first-order valence-electron chi connectivity index (χ1n) is 10.9. The molecule has 5 heterocycles. The number of nitrogens with zero attached hydrogens (tertiary/aromatic N) is 6. The van der Waals surface area contributed by atoms with Gasteiger partial charge in [0, 0.05) is 50.4 Å². The number of methoxy groups -OCH3 is 1. The molecular formula is C23H24BMoN6O5+. The van der Waals surface area contributed by atoms with E-state index in [1.807, 2.05) is 49.6 Å². The van der Waals surface area contributed by atoms with E-state index in [0.29, 0.717) is 11.7 Å². The van der Waals surface area contributed by atoms with Crippen LogP contribution in [0.15, 0.2) is 55.4 Å². The van der Waals surface area contributed by atoms with Gasteiger partial charge in [0.05, 0.1) is 12.2 Å². The number of carbonyl (C=O) groups is 1. The summed E-state index contributed by atoms with van der Waals surface area (Å²) in [7, 11) is 1.47. The Morgan fingerprint density at radius 2 is 1.53 bits per heavy atom. The molecule has 13 heteroatoms. The molecule has 3 aliphatic rings. The summed E-state index contributed by atoms with van der Waals surface area (Å²) in [6, 6.07) is 5.62. The molecule has 0 amide bonds. The summed E-state index contributed by atoms with van der Waals surface area (Å²) in [5, 5.41) is 12.7. The van der Waals surface area contributed by atoms with Crippen LogP contribution in [0, 0.1) is 44.1 Å². The maximum Gasteiger partial charge on any atom is 2.00 e. The fourth-order valence-corrected chi connectivity index (χ4v) is 4.75. The molecule has 4 radical (unpaired) electrons. The summed E-state index contributed by atoms with van der Waals surface area (Å²) in [5.41, 5.74) is 0. The first kappa shape index (κ1) is 29.7. The zero-order chi connectivity index (χ0) is 25.2. The van der Waals surface area contributed by atoms with Gasteiger partial charge in [-0.05, 0) is 56.1 Å². The number of ether oxygens (including phenoxy) is 2. The predicted octanol–water partition coefficient (Wildman–Crippen LogP) is 1.47. The Balaban J connectivity index is 0.000000218. The molecule has 3 aromatic heterocycles. The van der Waals surface area contributed by atoms with Gasteiger partial charge in [-0.2, -0.15) is 0 Å². The minimum Gasteiger partial charge on any atom is -0.425 e. The Hall–Kier alpha value is -2.55. The van der Waals surface area contributed by atoms with E-state index >= 15 is 0 Å². The molecule has 3 aromatic rings. The molecule has 1 aliphatic carbocycles. The van der Waals surface area contributed by atoms with Gasteiger partial charge >= 0.3 is 43.7 Å². The van der Waals surface area contributed by atoms with Gasteiger partial charge in [0.15, 0.2) is 0 Å². The van der Waals surface area contributed by atoms with Crippen LogP contribution < -0.4 is 0 Å². The second kappa shape index (κ2) is 14.9. The number of rotatable bonds is 4. The maximum absolute atomic E-state index is 11.8. The first-order chi connectivity index (χ1) is 17.3. The average Bonchev–Trinajstić information content (AvgIpc) is 3.73. The summed E-state index contributed by atoms with van der Waals surface area (Å²) in [4.78, 5) is 11.8. The zero-order valence-corrected chi connectivity index (χ0v) is 21.5. The number of aromatic nitrogens is 6. The van der Waals surface area contributed by atoms with Gasteiger partial charge in [0.25, 0.3) is 7.12 Å². The van der Waals surface area contributed by atoms with Crippen molar-refractivity contribution in [3.63, 3.8) is 0 Å². The van der Waals surface area contributed by atoms with Gasteiger partial charge in [-0.25, -0.2) is 15.3 Å². The van der Waals surface area contributed by atoms with E-state index in [9.17, 15) is 4.79 Å². The van der Waals surface area contributed by atoms with E-state index in [2.05, 4.69) is 28.6 Å². The first-order valence-corrected chi connectivity index (χ1v) is 10.9. The van der Waals surface area contributed by atoms with E-state index in [0.717, 1.165) is 25.4 Å². The largest absolute Gasteiger partial charge is 2.00 e. The van der Waals surface area contributed by atoms with Crippen molar-refractivity contribution < 1.29 is 44.6 Å². The molecule has 4 atom stereocenters. The van der Waals surface area contributed by atoms with Crippen LogP contribution in [0.2, 0.25) is 0 Å². The van der Waals surface area contributed by atoms with Crippen LogP contribution in [0.1, 0.15) is 19.3 Å². The standard InChI is InChI=1S/C12H15O3.C9H9BN6.2CO.Mo/c1-14-10-6-5-9-11-7(12(10)15-9)3-2-4-8(11)13;1-4-11-14(7-1)10(15-8-2-5-12-15)16-9-3-6-13-16;2*1-2;/h5-7,9,11-12H,2-4H2,1H3;1-9H;;;/q;-1;;;+2/t7-,9+,11-,12-;;;;/m0..../s1. The van der Waals surface area contributed by atoms with Crippen molar-refractivity contribution in [3.8, 4) is 0 Å². The summed E-state index contributed by atoms with van der Waals surface area (Å²) in [6.45, 7) is 9.00. The van der Waals surface area contributed by atoms with Crippen molar-refractivity contribution in [3.05, 3.63) is 87.6 Å². The molecule has 0 spiro atoms. The Morgan fingerprint density at radius 1 is 1.00 bits per heavy atom. The minimum atomic E-state index is -0.194. The van der Waals surface area contributed by atoms with Gasteiger partial charge in [0.1, 0.15) is 11.9 Å². The van der Waals surface area contributed by atoms with Crippen LogP contribution in [-0.4, -0.2) is 61.3 Å². The van der Waals surface area contributed by atoms with Crippen LogP contribution in [0.4, 0.5) is 0 Å². The SMILES string of the molecule is CO[C]1[CH][CH][C@H]2O[C@H]1[C@H]1CCCC(=O)[C@H]12.[C-]#[O+].[C-]#[O+].[Mo+2].c1cnn([B-](n2cccn2)n2cccn2)c1. The fraction of sp³-hybridized carbons (Fsp3) is 0.348. The molecule has 0 aromatic carbocycles. The monoisotopic (exact) mass is 573 g/mol. The normalized spacial score (nSPS) is 24.0. The van der Waals surface area contributed by atoms with Crippen LogP contribution in [-0.2, 0) is 44.6 Å². The maximum atomic E-state index is 11.8. The van der Waals surface area contributed by atoms with Crippen LogP contribution in [0.3, 0.4) is 0 Å². The van der Waals surface area contributed by atoms with Crippen LogP contribution >= 0.6 is 0 Å². The van der Waals surface area contributed by atoms with Gasteiger partial charge in [0.2, 0.25) is 0 Å². The Morgan fingerprint density at radius 3 is 1.97 bits per heavy atom. The number of hydrogen-bond donors (Lipinski definition) is 0. The van der Waals surface area contributed by atoms with Crippen LogP contribution in [0.25, 0.3) is 0 Å². The molecule has 11 nitrogen and oxygen atoms in total. The van der Waals surface area contributed by atoms with E-state index in [-0.39, 0.29) is 46.3 Å². The third kappa shape index (κ3) is 6.41. The second-order valence-corrected chi connectivity index (χ2v) is 7.84. The van der Waals surface area contributed by atoms with Crippen molar-refractivity contribution in [2.24, 2.45) is 11.8 Å². The summed E-state index contributed by atoms with van der Waals surface area (Å²) < 4.78 is 31.5. The van der Waals surface area contributed by atoms with Crippen molar-refractivity contribution in [2.75, 3.05) is 7.11 Å². The predicted molar refractivity (Wildman–Crippen MR) is 120 cm³/mol. The molecule has 2 bridgehead atoms. The molecule has 0 unspecified atom stereocenters. The van der Waals surface area contributed by atoms with Gasteiger partial charge in [-0.15, -0.1) is 0 Å². The van der Waals surface area contributed by atoms with Crippen molar-refractivity contribution >= 4 is 12.9 Å². The fourth-order valence-electron chi connectivity index (χ4n) is 4.75. The molecule has 3 fully saturated rings. The molecule has 2 aliphatic heterocycles. The molecule has 6 rings (SSSR count). The van der Waals surface area contributed by atoms with Crippen LogP contribution in [0.5, 0.6) is 0 Å². The van der Waals surface area contributed by atoms with Gasteiger partial charge < -0.3 is 23.3 Å². The molecule has 184 valence electrons. The molecule has 1 saturated carbocycles. The smallest absolute Gasteiger partial charge is 0.425 e.